The quantitative estimate of drug-likeness (QED) is 0.705. The van der Waals surface area contributed by atoms with Crippen LogP contribution < -0.4 is 10.0 Å². The van der Waals surface area contributed by atoms with Crippen molar-refractivity contribution in [3.8, 4) is 0 Å². The topological polar surface area (TPSA) is 58.2 Å². The summed E-state index contributed by atoms with van der Waals surface area (Å²) < 4.78 is 28.0. The van der Waals surface area contributed by atoms with Gasteiger partial charge in [-0.3, -0.25) is 0 Å². The van der Waals surface area contributed by atoms with Crippen molar-refractivity contribution in [1.29, 1.82) is 0 Å². The van der Waals surface area contributed by atoms with Gasteiger partial charge in [0.05, 0.1) is 9.23 Å². The molecule has 0 radical (unpaired) electrons. The Kier molecular flexibility index (Phi) is 6.21. The summed E-state index contributed by atoms with van der Waals surface area (Å²) in [5.41, 5.74) is 0. The lowest BCUT2D eigenvalue weighted by Crippen LogP contribution is -2.24. The second kappa shape index (κ2) is 7.71. The van der Waals surface area contributed by atoms with Gasteiger partial charge in [-0.05, 0) is 36.5 Å². The van der Waals surface area contributed by atoms with Gasteiger partial charge < -0.3 is 5.32 Å². The van der Waals surface area contributed by atoms with Crippen molar-refractivity contribution in [2.75, 3.05) is 6.54 Å². The second-order valence-corrected chi connectivity index (χ2v) is 8.95. The fraction of sp³-hybridized carbons (Fsp3) is 0.385. The largest absolute Gasteiger partial charge is 0.312 e. The summed E-state index contributed by atoms with van der Waals surface area (Å²) in [5, 5.41) is 5.03. The Bertz CT molecular complexity index is 679. The van der Waals surface area contributed by atoms with Gasteiger partial charge in [-0.25, -0.2) is 13.1 Å². The monoisotopic (exact) mass is 364 g/mol. The molecule has 21 heavy (non-hydrogen) atoms. The van der Waals surface area contributed by atoms with E-state index >= 15 is 0 Å². The van der Waals surface area contributed by atoms with E-state index in [2.05, 4.69) is 17.0 Å². The van der Waals surface area contributed by atoms with Crippen LogP contribution in [0.4, 0.5) is 0 Å². The third-order valence-electron chi connectivity index (χ3n) is 2.77. The molecule has 2 aromatic rings. The maximum absolute atomic E-state index is 12.4. The smallest absolute Gasteiger partial charge is 0.242 e. The van der Waals surface area contributed by atoms with Crippen molar-refractivity contribution in [1.82, 2.24) is 10.0 Å². The first-order valence-electron chi connectivity index (χ1n) is 6.54. The van der Waals surface area contributed by atoms with Crippen LogP contribution in [-0.2, 0) is 23.1 Å². The zero-order valence-electron chi connectivity index (χ0n) is 11.6. The number of thiophene rings is 2. The standard InChI is InChI=1S/C13H17ClN2O2S3/c1-2-6-15-9-11-12(5-7-19-11)21(17,18)16-8-10-3-4-13(14)20-10/h3-5,7,15-16H,2,6,8-9H2,1H3. The molecule has 2 aromatic heterocycles. The lowest BCUT2D eigenvalue weighted by atomic mass is 10.4. The van der Waals surface area contributed by atoms with Gasteiger partial charge in [-0.15, -0.1) is 22.7 Å². The van der Waals surface area contributed by atoms with Gasteiger partial charge in [-0.1, -0.05) is 18.5 Å². The van der Waals surface area contributed by atoms with Gasteiger partial charge in [0.1, 0.15) is 0 Å². The summed E-state index contributed by atoms with van der Waals surface area (Å²) in [5.74, 6) is 0. The van der Waals surface area contributed by atoms with Crippen molar-refractivity contribution in [2.45, 2.75) is 31.3 Å². The minimum atomic E-state index is -3.49. The summed E-state index contributed by atoms with van der Waals surface area (Å²) in [6.45, 7) is 3.79. The Labute approximate surface area is 138 Å². The number of nitrogens with one attached hydrogen (secondary N) is 2. The van der Waals surface area contributed by atoms with Gasteiger partial charge in [0.2, 0.25) is 10.0 Å². The maximum atomic E-state index is 12.4. The van der Waals surface area contributed by atoms with Gasteiger partial charge in [-0.2, -0.15) is 0 Å². The summed E-state index contributed by atoms with van der Waals surface area (Å²) >= 11 is 8.67. The average Bonchev–Trinajstić information content (AvgIpc) is 3.06. The molecule has 0 aromatic carbocycles. The van der Waals surface area contributed by atoms with E-state index in [-0.39, 0.29) is 6.54 Å². The molecule has 4 nitrogen and oxygen atoms in total. The lowest BCUT2D eigenvalue weighted by molar-refractivity contribution is 0.579. The predicted molar refractivity (Wildman–Crippen MR) is 89.7 cm³/mol. The third-order valence-corrected chi connectivity index (χ3v) is 6.54. The number of rotatable bonds is 8. The molecule has 0 bridgehead atoms. The fourth-order valence-electron chi connectivity index (χ4n) is 1.77. The number of hydrogen-bond acceptors (Lipinski definition) is 5. The number of sulfonamides is 1. The fourth-order valence-corrected chi connectivity index (χ4v) is 5.30. The van der Waals surface area contributed by atoms with Crippen LogP contribution in [0.15, 0.2) is 28.5 Å². The van der Waals surface area contributed by atoms with Crippen LogP contribution in [0.25, 0.3) is 0 Å². The number of halogens is 1. The molecular weight excluding hydrogens is 348 g/mol. The minimum absolute atomic E-state index is 0.261. The SMILES string of the molecule is CCCNCc1sccc1S(=O)(=O)NCc1ccc(Cl)s1. The highest BCUT2D eigenvalue weighted by atomic mass is 35.5. The van der Waals surface area contributed by atoms with Crippen molar-refractivity contribution in [3.05, 3.63) is 37.7 Å². The molecule has 0 unspecified atom stereocenters. The summed E-state index contributed by atoms with van der Waals surface area (Å²) in [7, 11) is -3.49. The predicted octanol–water partition coefficient (Wildman–Crippen LogP) is 3.44. The maximum Gasteiger partial charge on any atom is 0.242 e. The zero-order valence-corrected chi connectivity index (χ0v) is 14.8. The molecule has 0 spiro atoms. The van der Waals surface area contributed by atoms with E-state index in [0.29, 0.717) is 15.8 Å². The van der Waals surface area contributed by atoms with Gasteiger partial charge in [0.15, 0.2) is 0 Å². The molecular formula is C13H17ClN2O2S3. The molecule has 0 aliphatic rings. The highest BCUT2D eigenvalue weighted by molar-refractivity contribution is 7.89. The highest BCUT2D eigenvalue weighted by Crippen LogP contribution is 2.24. The van der Waals surface area contributed by atoms with Crippen LogP contribution in [0.3, 0.4) is 0 Å². The van der Waals surface area contributed by atoms with E-state index in [4.69, 9.17) is 11.6 Å². The van der Waals surface area contributed by atoms with Crippen LogP contribution in [0, 0.1) is 0 Å². The van der Waals surface area contributed by atoms with E-state index in [1.807, 2.05) is 6.07 Å². The molecule has 0 fully saturated rings. The van der Waals surface area contributed by atoms with Crippen LogP contribution in [0.1, 0.15) is 23.1 Å². The van der Waals surface area contributed by atoms with E-state index in [1.165, 1.54) is 22.7 Å². The van der Waals surface area contributed by atoms with Crippen LogP contribution in [0.2, 0.25) is 4.34 Å². The first-order chi connectivity index (χ1) is 10.0. The molecule has 0 aliphatic heterocycles. The average molecular weight is 365 g/mol. The third kappa shape index (κ3) is 4.77. The summed E-state index contributed by atoms with van der Waals surface area (Å²) in [4.78, 5) is 2.09. The lowest BCUT2D eigenvalue weighted by Gasteiger charge is -2.07. The molecule has 2 rings (SSSR count). The first kappa shape index (κ1) is 16.9. The van der Waals surface area contributed by atoms with Crippen LogP contribution in [-0.4, -0.2) is 15.0 Å². The second-order valence-electron chi connectivity index (χ2n) is 4.42. The van der Waals surface area contributed by atoms with E-state index in [9.17, 15) is 8.42 Å². The van der Waals surface area contributed by atoms with Gasteiger partial charge in [0.25, 0.3) is 0 Å². The molecule has 8 heteroatoms. The molecule has 2 heterocycles. The highest BCUT2D eigenvalue weighted by Gasteiger charge is 2.19. The summed E-state index contributed by atoms with van der Waals surface area (Å²) in [6, 6.07) is 5.24. The Balaban J connectivity index is 2.03. The van der Waals surface area contributed by atoms with E-state index in [0.717, 1.165) is 22.7 Å². The Morgan fingerprint density at radius 1 is 1.24 bits per heavy atom. The number of hydrogen-bond donors (Lipinski definition) is 2. The normalized spacial score (nSPS) is 11.9. The van der Waals surface area contributed by atoms with Gasteiger partial charge in [0, 0.05) is 22.8 Å². The van der Waals surface area contributed by atoms with Crippen molar-refractivity contribution < 1.29 is 8.42 Å². The zero-order chi connectivity index (χ0) is 15.3. The summed E-state index contributed by atoms with van der Waals surface area (Å²) in [6.07, 6.45) is 1.02. The van der Waals surface area contributed by atoms with Crippen molar-refractivity contribution >= 4 is 44.3 Å². The van der Waals surface area contributed by atoms with E-state index in [1.54, 1.807) is 17.5 Å². The van der Waals surface area contributed by atoms with Crippen molar-refractivity contribution in [2.24, 2.45) is 0 Å². The molecule has 2 N–H and O–H groups in total. The molecule has 0 saturated heterocycles. The Morgan fingerprint density at radius 2 is 2.05 bits per heavy atom. The van der Waals surface area contributed by atoms with E-state index < -0.39 is 10.0 Å². The molecule has 116 valence electrons. The van der Waals surface area contributed by atoms with Gasteiger partial charge >= 0.3 is 0 Å². The minimum Gasteiger partial charge on any atom is -0.312 e. The van der Waals surface area contributed by atoms with Crippen LogP contribution in [0.5, 0.6) is 0 Å². The molecule has 0 atom stereocenters. The van der Waals surface area contributed by atoms with Crippen molar-refractivity contribution in [3.63, 3.8) is 0 Å². The molecule has 0 saturated carbocycles. The Morgan fingerprint density at radius 3 is 2.71 bits per heavy atom. The first-order valence-corrected chi connectivity index (χ1v) is 10.1. The molecule has 0 amide bonds. The molecule has 0 aliphatic carbocycles. The van der Waals surface area contributed by atoms with Crippen LogP contribution >= 0.6 is 34.3 Å². The Hall–Kier alpha value is -0.440.